The average molecular weight is 301 g/mol. The van der Waals surface area contributed by atoms with Crippen LogP contribution in [0.1, 0.15) is 38.7 Å². The molecule has 0 aliphatic heterocycles. The zero-order chi connectivity index (χ0) is 15.6. The summed E-state index contributed by atoms with van der Waals surface area (Å²) in [5.41, 5.74) is -0.679. The quantitative estimate of drug-likeness (QED) is 0.866. The van der Waals surface area contributed by atoms with E-state index < -0.39 is 11.7 Å². The molecule has 1 heterocycles. The van der Waals surface area contributed by atoms with Gasteiger partial charge in [0.1, 0.15) is 11.6 Å². The maximum Gasteiger partial charge on any atom is 0.416 e. The van der Waals surface area contributed by atoms with Crippen LogP contribution in [0.3, 0.4) is 0 Å². The maximum atomic E-state index is 12.9. The van der Waals surface area contributed by atoms with Crippen LogP contribution in [0.4, 0.5) is 24.8 Å². The molecule has 3 nitrogen and oxygen atoms in total. The summed E-state index contributed by atoms with van der Waals surface area (Å²) < 4.78 is 38.7. The van der Waals surface area contributed by atoms with E-state index in [1.165, 1.54) is 0 Å². The van der Waals surface area contributed by atoms with Crippen molar-refractivity contribution in [3.05, 3.63) is 17.7 Å². The van der Waals surface area contributed by atoms with Crippen molar-refractivity contribution in [2.24, 2.45) is 11.8 Å². The van der Waals surface area contributed by atoms with Crippen LogP contribution in [0.25, 0.3) is 0 Å². The third kappa shape index (κ3) is 3.60. The predicted octanol–water partition coefficient (Wildman–Crippen LogP) is 4.38. The van der Waals surface area contributed by atoms with Gasteiger partial charge in [-0.05, 0) is 36.8 Å². The lowest BCUT2D eigenvalue weighted by atomic mass is 9.93. The van der Waals surface area contributed by atoms with E-state index in [0.717, 1.165) is 31.4 Å². The van der Waals surface area contributed by atoms with Gasteiger partial charge in [-0.3, -0.25) is 0 Å². The van der Waals surface area contributed by atoms with E-state index >= 15 is 0 Å². The van der Waals surface area contributed by atoms with Crippen molar-refractivity contribution in [1.29, 1.82) is 0 Å². The van der Waals surface area contributed by atoms with Crippen molar-refractivity contribution >= 4 is 11.6 Å². The molecule has 0 aromatic carbocycles. The summed E-state index contributed by atoms with van der Waals surface area (Å²) in [5, 5.41) is 5.88. The van der Waals surface area contributed by atoms with Gasteiger partial charge in [0.2, 0.25) is 0 Å². The topological polar surface area (TPSA) is 37.0 Å². The number of hydrogen-bond acceptors (Lipinski definition) is 3. The lowest BCUT2D eigenvalue weighted by molar-refractivity contribution is -0.137. The van der Waals surface area contributed by atoms with E-state index in [1.807, 2.05) is 0 Å². The number of hydrogen-bond donors (Lipinski definition) is 2. The van der Waals surface area contributed by atoms with Crippen LogP contribution in [0.5, 0.6) is 0 Å². The van der Waals surface area contributed by atoms with E-state index in [-0.39, 0.29) is 11.9 Å². The standard InChI is InChI=1S/C15H22F3N3/c1-4-10-5-6-12(9(10)2)20-14-8-11(15(16,17)18)7-13(19-3)21-14/h7-10,12H,4-6H2,1-3H3,(H2,19,20,21). The Kier molecular flexibility index (Phi) is 4.64. The van der Waals surface area contributed by atoms with Gasteiger partial charge < -0.3 is 10.6 Å². The highest BCUT2D eigenvalue weighted by Gasteiger charge is 2.34. The number of pyridine rings is 1. The van der Waals surface area contributed by atoms with Crippen LogP contribution in [-0.4, -0.2) is 18.1 Å². The first kappa shape index (κ1) is 15.9. The second-order valence-electron chi connectivity index (χ2n) is 5.73. The molecule has 1 fully saturated rings. The Morgan fingerprint density at radius 2 is 1.90 bits per heavy atom. The van der Waals surface area contributed by atoms with Gasteiger partial charge >= 0.3 is 6.18 Å². The van der Waals surface area contributed by atoms with Crippen molar-refractivity contribution in [3.8, 4) is 0 Å². The Morgan fingerprint density at radius 3 is 2.43 bits per heavy atom. The van der Waals surface area contributed by atoms with Crippen molar-refractivity contribution in [3.63, 3.8) is 0 Å². The molecule has 0 bridgehead atoms. The number of anilines is 2. The van der Waals surface area contributed by atoms with Gasteiger partial charge in [-0.1, -0.05) is 20.3 Å². The van der Waals surface area contributed by atoms with Gasteiger partial charge in [-0.2, -0.15) is 13.2 Å². The second kappa shape index (κ2) is 6.12. The minimum atomic E-state index is -4.36. The minimum Gasteiger partial charge on any atom is -0.373 e. The molecule has 0 spiro atoms. The highest BCUT2D eigenvalue weighted by molar-refractivity contribution is 5.50. The van der Waals surface area contributed by atoms with Gasteiger partial charge in [0, 0.05) is 13.1 Å². The molecular weight excluding hydrogens is 279 g/mol. The summed E-state index contributed by atoms with van der Waals surface area (Å²) in [6.45, 7) is 4.32. The Balaban J connectivity index is 2.20. The summed E-state index contributed by atoms with van der Waals surface area (Å²) in [6, 6.07) is 2.31. The Bertz CT molecular complexity index is 488. The summed E-state index contributed by atoms with van der Waals surface area (Å²) >= 11 is 0. The normalized spacial score (nSPS) is 25.9. The Labute approximate surface area is 123 Å². The number of halogens is 3. The van der Waals surface area contributed by atoms with E-state index in [2.05, 4.69) is 29.5 Å². The lowest BCUT2D eigenvalue weighted by Gasteiger charge is -2.22. The SMILES string of the molecule is CCC1CCC(Nc2cc(C(F)(F)F)cc(NC)n2)C1C. The smallest absolute Gasteiger partial charge is 0.373 e. The molecule has 6 heteroatoms. The number of nitrogens with zero attached hydrogens (tertiary/aromatic N) is 1. The van der Waals surface area contributed by atoms with Crippen molar-refractivity contribution in [2.75, 3.05) is 17.7 Å². The molecular formula is C15H22F3N3. The molecule has 1 saturated carbocycles. The van der Waals surface area contributed by atoms with E-state index in [1.54, 1.807) is 7.05 Å². The van der Waals surface area contributed by atoms with Gasteiger partial charge in [0.05, 0.1) is 5.56 Å². The molecule has 2 rings (SSSR count). The zero-order valence-electron chi connectivity index (χ0n) is 12.6. The first-order chi connectivity index (χ1) is 9.85. The molecule has 0 radical (unpaired) electrons. The largest absolute Gasteiger partial charge is 0.416 e. The third-order valence-corrected chi connectivity index (χ3v) is 4.49. The fourth-order valence-electron chi connectivity index (χ4n) is 3.11. The first-order valence-electron chi connectivity index (χ1n) is 7.38. The Hall–Kier alpha value is -1.46. The molecule has 1 aromatic heterocycles. The highest BCUT2D eigenvalue weighted by atomic mass is 19.4. The van der Waals surface area contributed by atoms with Crippen LogP contribution in [0.2, 0.25) is 0 Å². The number of rotatable bonds is 4. The molecule has 118 valence electrons. The number of aromatic nitrogens is 1. The predicted molar refractivity (Wildman–Crippen MR) is 78.4 cm³/mol. The summed E-state index contributed by atoms with van der Waals surface area (Å²) in [5.74, 6) is 1.61. The molecule has 1 aromatic rings. The summed E-state index contributed by atoms with van der Waals surface area (Å²) in [7, 11) is 1.57. The first-order valence-corrected chi connectivity index (χ1v) is 7.38. The molecule has 3 atom stereocenters. The molecule has 21 heavy (non-hydrogen) atoms. The van der Waals surface area contributed by atoms with Crippen LogP contribution in [-0.2, 0) is 6.18 Å². The molecule has 1 aliphatic rings. The van der Waals surface area contributed by atoms with E-state index in [0.29, 0.717) is 17.7 Å². The van der Waals surface area contributed by atoms with Crippen LogP contribution in [0.15, 0.2) is 12.1 Å². The second-order valence-corrected chi connectivity index (χ2v) is 5.73. The van der Waals surface area contributed by atoms with Gasteiger partial charge in [0.15, 0.2) is 0 Å². The van der Waals surface area contributed by atoms with Crippen LogP contribution >= 0.6 is 0 Å². The lowest BCUT2D eigenvalue weighted by Crippen LogP contribution is -2.25. The van der Waals surface area contributed by atoms with Gasteiger partial charge in [0.25, 0.3) is 0 Å². The fourth-order valence-corrected chi connectivity index (χ4v) is 3.11. The van der Waals surface area contributed by atoms with Crippen molar-refractivity contribution in [1.82, 2.24) is 4.98 Å². The zero-order valence-corrected chi connectivity index (χ0v) is 12.6. The molecule has 0 saturated heterocycles. The van der Waals surface area contributed by atoms with Crippen LogP contribution < -0.4 is 10.6 Å². The van der Waals surface area contributed by atoms with Crippen molar-refractivity contribution in [2.45, 2.75) is 45.3 Å². The molecule has 2 N–H and O–H groups in total. The highest BCUT2D eigenvalue weighted by Crippen LogP contribution is 2.37. The van der Waals surface area contributed by atoms with Crippen molar-refractivity contribution < 1.29 is 13.2 Å². The van der Waals surface area contributed by atoms with Gasteiger partial charge in [-0.15, -0.1) is 0 Å². The average Bonchev–Trinajstić information content (AvgIpc) is 2.78. The van der Waals surface area contributed by atoms with Gasteiger partial charge in [-0.25, -0.2) is 4.98 Å². The fraction of sp³-hybridized carbons (Fsp3) is 0.667. The molecule has 3 unspecified atom stereocenters. The third-order valence-electron chi connectivity index (χ3n) is 4.49. The number of alkyl halides is 3. The molecule has 0 amide bonds. The summed E-state index contributed by atoms with van der Waals surface area (Å²) in [6.07, 6.45) is -1.16. The van der Waals surface area contributed by atoms with Crippen LogP contribution in [0, 0.1) is 11.8 Å². The minimum absolute atomic E-state index is 0.190. The Morgan fingerprint density at radius 1 is 1.24 bits per heavy atom. The monoisotopic (exact) mass is 301 g/mol. The number of nitrogens with one attached hydrogen (secondary N) is 2. The maximum absolute atomic E-state index is 12.9. The molecule has 1 aliphatic carbocycles. The summed E-state index contributed by atoms with van der Waals surface area (Å²) in [4.78, 5) is 4.19. The van der Waals surface area contributed by atoms with E-state index in [4.69, 9.17) is 0 Å². The van der Waals surface area contributed by atoms with E-state index in [9.17, 15) is 13.2 Å².